The Morgan fingerprint density at radius 2 is 2.12 bits per heavy atom. The van der Waals surface area contributed by atoms with Gasteiger partial charge in [-0.3, -0.25) is 4.79 Å². The Bertz CT molecular complexity index is 244. The highest BCUT2D eigenvalue weighted by molar-refractivity contribution is 7.80. The highest BCUT2D eigenvalue weighted by atomic mass is 32.1. The normalized spacial score (nSPS) is 10.9. The lowest BCUT2D eigenvalue weighted by molar-refractivity contribution is -0.119. The molecule has 0 spiro atoms. The lowest BCUT2D eigenvalue weighted by atomic mass is 10.0. The van der Waals surface area contributed by atoms with Gasteiger partial charge in [0, 0.05) is 32.2 Å². The molecule has 5 nitrogen and oxygen atoms in total. The van der Waals surface area contributed by atoms with E-state index in [0.29, 0.717) is 11.7 Å². The first-order chi connectivity index (χ1) is 7.37. The van der Waals surface area contributed by atoms with E-state index in [1.807, 2.05) is 13.8 Å². The van der Waals surface area contributed by atoms with Crippen LogP contribution in [0.2, 0.25) is 0 Å². The van der Waals surface area contributed by atoms with E-state index in [4.69, 9.17) is 22.7 Å². The summed E-state index contributed by atoms with van der Waals surface area (Å²) in [6.07, 6.45) is 1.13. The van der Waals surface area contributed by atoms with Gasteiger partial charge >= 0.3 is 0 Å². The lowest BCUT2D eigenvalue weighted by Crippen LogP contribution is -2.50. The molecule has 0 aliphatic heterocycles. The van der Waals surface area contributed by atoms with E-state index >= 15 is 0 Å². The molecule has 0 rings (SSSR count). The number of nitrogens with one attached hydrogen (secondary N) is 2. The molecule has 0 saturated carbocycles. The number of hydrogen-bond donors (Lipinski definition) is 3. The number of rotatable bonds is 7. The van der Waals surface area contributed by atoms with Crippen molar-refractivity contribution >= 4 is 23.2 Å². The Morgan fingerprint density at radius 3 is 2.62 bits per heavy atom. The van der Waals surface area contributed by atoms with Gasteiger partial charge in [-0.25, -0.2) is 0 Å². The van der Waals surface area contributed by atoms with Crippen LogP contribution in [0.15, 0.2) is 0 Å². The summed E-state index contributed by atoms with van der Waals surface area (Å²) in [7, 11) is 1.66. The van der Waals surface area contributed by atoms with Crippen LogP contribution in [0.4, 0.5) is 0 Å². The molecule has 0 atom stereocenters. The first kappa shape index (κ1) is 15.1. The Balaban J connectivity index is 3.80. The number of ether oxygens (including phenoxy) is 1. The van der Waals surface area contributed by atoms with Crippen molar-refractivity contribution in [2.24, 2.45) is 5.73 Å². The number of carbonyl (C=O) groups excluding carboxylic acids is 1. The molecule has 1 amide bonds. The lowest BCUT2D eigenvalue weighted by Gasteiger charge is -2.26. The van der Waals surface area contributed by atoms with Crippen molar-refractivity contribution in [1.82, 2.24) is 10.6 Å². The van der Waals surface area contributed by atoms with Crippen molar-refractivity contribution in [3.63, 3.8) is 0 Å². The standard InChI is InChI=1S/C10H21N3O2S/c1-10(2,7-8(11)14)13-9(16)12-5-4-6-15-3/h4-7H2,1-3H3,(H2,11,14)(H2,12,13,16). The van der Waals surface area contributed by atoms with E-state index in [-0.39, 0.29) is 12.3 Å². The predicted octanol–water partition coefficient (Wildman–Crippen LogP) is 0.141. The van der Waals surface area contributed by atoms with Gasteiger partial charge in [0.05, 0.1) is 0 Å². The van der Waals surface area contributed by atoms with Gasteiger partial charge in [0.1, 0.15) is 0 Å². The van der Waals surface area contributed by atoms with Crippen LogP contribution in [0.1, 0.15) is 26.7 Å². The fourth-order valence-corrected chi connectivity index (χ4v) is 1.63. The molecule has 0 aromatic rings. The highest BCUT2D eigenvalue weighted by Crippen LogP contribution is 2.06. The summed E-state index contributed by atoms with van der Waals surface area (Å²) in [6.45, 7) is 5.19. The van der Waals surface area contributed by atoms with Crippen molar-refractivity contribution < 1.29 is 9.53 Å². The van der Waals surface area contributed by atoms with E-state index in [9.17, 15) is 4.79 Å². The third kappa shape index (κ3) is 8.43. The second-order valence-electron chi connectivity index (χ2n) is 4.25. The van der Waals surface area contributed by atoms with Crippen molar-refractivity contribution in [2.45, 2.75) is 32.2 Å². The zero-order valence-corrected chi connectivity index (χ0v) is 10.9. The molecule has 0 unspecified atom stereocenters. The molecule has 94 valence electrons. The van der Waals surface area contributed by atoms with Gasteiger partial charge in [0.25, 0.3) is 0 Å². The van der Waals surface area contributed by atoms with Crippen molar-refractivity contribution in [3.8, 4) is 0 Å². The predicted molar refractivity (Wildman–Crippen MR) is 68.1 cm³/mol. The van der Waals surface area contributed by atoms with Crippen LogP contribution in [0.3, 0.4) is 0 Å². The molecule has 0 aliphatic carbocycles. The second kappa shape index (κ2) is 7.40. The number of primary amides is 1. The third-order valence-electron chi connectivity index (χ3n) is 1.88. The average Bonchev–Trinajstić information content (AvgIpc) is 2.09. The fourth-order valence-electron chi connectivity index (χ4n) is 1.25. The van der Waals surface area contributed by atoms with Gasteiger partial charge in [-0.1, -0.05) is 0 Å². The summed E-state index contributed by atoms with van der Waals surface area (Å²) >= 11 is 5.09. The number of thiocarbonyl (C=S) groups is 1. The molecule has 4 N–H and O–H groups in total. The quantitative estimate of drug-likeness (QED) is 0.441. The van der Waals surface area contributed by atoms with Gasteiger partial charge in [0.2, 0.25) is 5.91 Å². The molecular weight excluding hydrogens is 226 g/mol. The average molecular weight is 247 g/mol. The zero-order valence-electron chi connectivity index (χ0n) is 10.1. The Labute approximate surface area is 102 Å². The van der Waals surface area contributed by atoms with E-state index in [0.717, 1.165) is 13.0 Å². The SMILES string of the molecule is COCCCNC(=S)NC(C)(C)CC(N)=O. The summed E-state index contributed by atoms with van der Waals surface area (Å²) in [4.78, 5) is 10.8. The van der Waals surface area contributed by atoms with Crippen molar-refractivity contribution in [2.75, 3.05) is 20.3 Å². The van der Waals surface area contributed by atoms with Gasteiger partial charge in [-0.2, -0.15) is 0 Å². The third-order valence-corrected chi connectivity index (χ3v) is 2.13. The minimum Gasteiger partial charge on any atom is -0.385 e. The largest absolute Gasteiger partial charge is 0.385 e. The van der Waals surface area contributed by atoms with Gasteiger partial charge in [-0.15, -0.1) is 0 Å². The fraction of sp³-hybridized carbons (Fsp3) is 0.800. The zero-order chi connectivity index (χ0) is 12.6. The molecule has 16 heavy (non-hydrogen) atoms. The maximum atomic E-state index is 10.8. The van der Waals surface area contributed by atoms with Crippen LogP contribution in [0, 0.1) is 0 Å². The van der Waals surface area contributed by atoms with Gasteiger partial charge in [0.15, 0.2) is 5.11 Å². The van der Waals surface area contributed by atoms with E-state index in [1.54, 1.807) is 7.11 Å². The van der Waals surface area contributed by atoms with Crippen molar-refractivity contribution in [3.05, 3.63) is 0 Å². The number of amides is 1. The maximum Gasteiger partial charge on any atom is 0.219 e. The number of carbonyl (C=O) groups is 1. The Morgan fingerprint density at radius 1 is 1.50 bits per heavy atom. The maximum absolute atomic E-state index is 10.8. The Hall–Kier alpha value is -0.880. The van der Waals surface area contributed by atoms with Crippen LogP contribution in [-0.2, 0) is 9.53 Å². The summed E-state index contributed by atoms with van der Waals surface area (Å²) in [6, 6.07) is 0. The summed E-state index contributed by atoms with van der Waals surface area (Å²) in [5.41, 5.74) is 4.72. The molecule has 0 aromatic carbocycles. The molecule has 0 radical (unpaired) electrons. The van der Waals surface area contributed by atoms with Crippen LogP contribution < -0.4 is 16.4 Å². The second-order valence-corrected chi connectivity index (χ2v) is 4.66. The first-order valence-electron chi connectivity index (χ1n) is 5.20. The monoisotopic (exact) mass is 247 g/mol. The molecule has 0 heterocycles. The van der Waals surface area contributed by atoms with E-state index in [1.165, 1.54) is 0 Å². The number of nitrogens with two attached hydrogens (primary N) is 1. The molecule has 0 aliphatic rings. The first-order valence-corrected chi connectivity index (χ1v) is 5.61. The summed E-state index contributed by atoms with van der Waals surface area (Å²) < 4.78 is 4.91. The summed E-state index contributed by atoms with van der Waals surface area (Å²) in [5.74, 6) is -0.348. The topological polar surface area (TPSA) is 76.4 Å². The van der Waals surface area contributed by atoms with Crippen LogP contribution >= 0.6 is 12.2 Å². The molecule has 0 saturated heterocycles. The molecular formula is C10H21N3O2S. The van der Waals surface area contributed by atoms with E-state index in [2.05, 4.69) is 10.6 Å². The smallest absolute Gasteiger partial charge is 0.219 e. The minimum atomic E-state index is -0.419. The number of methoxy groups -OCH3 is 1. The molecule has 0 bridgehead atoms. The minimum absolute atomic E-state index is 0.243. The van der Waals surface area contributed by atoms with E-state index < -0.39 is 5.54 Å². The van der Waals surface area contributed by atoms with Gasteiger partial charge in [-0.05, 0) is 32.5 Å². The highest BCUT2D eigenvalue weighted by Gasteiger charge is 2.20. The molecule has 6 heteroatoms. The van der Waals surface area contributed by atoms with Crippen LogP contribution in [0.5, 0.6) is 0 Å². The van der Waals surface area contributed by atoms with Gasteiger partial charge < -0.3 is 21.1 Å². The Kier molecular flexibility index (Phi) is 7.00. The molecule has 0 fully saturated rings. The molecule has 0 aromatic heterocycles. The van der Waals surface area contributed by atoms with Crippen LogP contribution in [0.25, 0.3) is 0 Å². The number of hydrogen-bond acceptors (Lipinski definition) is 3. The van der Waals surface area contributed by atoms with Crippen molar-refractivity contribution in [1.29, 1.82) is 0 Å². The summed E-state index contributed by atoms with van der Waals surface area (Å²) in [5, 5.41) is 6.61. The van der Waals surface area contributed by atoms with Crippen LogP contribution in [-0.4, -0.2) is 36.8 Å².